The summed E-state index contributed by atoms with van der Waals surface area (Å²) in [6, 6.07) is 6.17. The van der Waals surface area contributed by atoms with Gasteiger partial charge in [-0.3, -0.25) is 4.79 Å². The largest absolute Gasteiger partial charge is 0.463 e. The molecule has 2 fully saturated rings. The molecule has 30 heavy (non-hydrogen) atoms. The van der Waals surface area contributed by atoms with Gasteiger partial charge in [-0.15, -0.1) is 0 Å². The third-order valence-corrected chi connectivity index (χ3v) is 5.94. The Bertz CT molecular complexity index is 1060. The number of amides is 1. The lowest BCUT2D eigenvalue weighted by molar-refractivity contribution is 0.0709. The molecule has 1 aromatic carbocycles. The van der Waals surface area contributed by atoms with Crippen LogP contribution in [0.3, 0.4) is 0 Å². The van der Waals surface area contributed by atoms with Gasteiger partial charge in [-0.2, -0.15) is 15.0 Å². The Morgan fingerprint density at radius 1 is 1.20 bits per heavy atom. The van der Waals surface area contributed by atoms with Crippen molar-refractivity contribution >= 4 is 5.91 Å². The molecule has 2 bridgehead atoms. The van der Waals surface area contributed by atoms with Crippen LogP contribution in [0.2, 0.25) is 0 Å². The first-order valence-corrected chi connectivity index (χ1v) is 10.0. The summed E-state index contributed by atoms with van der Waals surface area (Å²) >= 11 is 0. The number of ether oxygens (including phenoxy) is 1. The van der Waals surface area contributed by atoms with Crippen molar-refractivity contribution in [2.75, 3.05) is 6.61 Å². The number of hydrogen-bond donors (Lipinski definition) is 0. The van der Waals surface area contributed by atoms with Crippen LogP contribution in [0.5, 0.6) is 6.01 Å². The van der Waals surface area contributed by atoms with Gasteiger partial charge in [0.15, 0.2) is 5.82 Å². The van der Waals surface area contributed by atoms with Gasteiger partial charge >= 0.3 is 6.01 Å². The summed E-state index contributed by atoms with van der Waals surface area (Å²) in [6.45, 7) is 2.37. The van der Waals surface area contributed by atoms with E-state index in [4.69, 9.17) is 4.74 Å². The van der Waals surface area contributed by atoms with Crippen molar-refractivity contribution in [2.24, 2.45) is 5.92 Å². The molecular formula is C21H21FN6O2. The Kier molecular flexibility index (Phi) is 4.65. The molecule has 2 aromatic heterocycles. The summed E-state index contributed by atoms with van der Waals surface area (Å²) in [5.74, 6) is -0.309. The molecule has 5 rings (SSSR count). The lowest BCUT2D eigenvalue weighted by Crippen LogP contribution is -2.38. The molecule has 2 saturated heterocycles. The molecule has 4 heterocycles. The SMILES string of the molecule is Cc1ccc(-n2nccn2)c(C(=O)N2C3CCC2C(COc2ncc(F)cn2)C3)c1. The summed E-state index contributed by atoms with van der Waals surface area (Å²) in [6.07, 6.45) is 8.16. The van der Waals surface area contributed by atoms with Crippen molar-refractivity contribution in [2.45, 2.75) is 38.3 Å². The molecule has 0 radical (unpaired) electrons. The fraction of sp³-hybridized carbons (Fsp3) is 0.381. The lowest BCUT2D eigenvalue weighted by Gasteiger charge is -2.25. The van der Waals surface area contributed by atoms with Crippen LogP contribution in [-0.2, 0) is 0 Å². The molecule has 1 amide bonds. The van der Waals surface area contributed by atoms with Crippen LogP contribution < -0.4 is 4.74 Å². The number of hydrogen-bond acceptors (Lipinski definition) is 6. The average Bonchev–Trinajstić information content (AvgIpc) is 3.49. The lowest BCUT2D eigenvalue weighted by atomic mass is 9.90. The van der Waals surface area contributed by atoms with Gasteiger partial charge in [-0.25, -0.2) is 14.4 Å². The maximum absolute atomic E-state index is 13.6. The van der Waals surface area contributed by atoms with E-state index in [2.05, 4.69) is 20.2 Å². The van der Waals surface area contributed by atoms with Crippen LogP contribution in [0.15, 0.2) is 43.0 Å². The molecule has 154 valence electrons. The van der Waals surface area contributed by atoms with Gasteiger partial charge in [-0.05, 0) is 38.3 Å². The number of carbonyl (C=O) groups excluding carboxylic acids is 1. The second-order valence-corrected chi connectivity index (χ2v) is 7.84. The maximum Gasteiger partial charge on any atom is 0.316 e. The number of fused-ring (bicyclic) bond motifs is 2. The highest BCUT2D eigenvalue weighted by Crippen LogP contribution is 2.43. The van der Waals surface area contributed by atoms with Gasteiger partial charge in [0, 0.05) is 18.0 Å². The Hall–Kier alpha value is -3.36. The van der Waals surface area contributed by atoms with Crippen LogP contribution >= 0.6 is 0 Å². The maximum atomic E-state index is 13.6. The van der Waals surface area contributed by atoms with Gasteiger partial charge < -0.3 is 9.64 Å². The fourth-order valence-corrected chi connectivity index (χ4v) is 4.64. The first-order chi connectivity index (χ1) is 14.6. The first kappa shape index (κ1) is 18.7. The number of carbonyl (C=O) groups is 1. The smallest absolute Gasteiger partial charge is 0.316 e. The van der Waals surface area contributed by atoms with Crippen molar-refractivity contribution in [3.63, 3.8) is 0 Å². The molecule has 8 nitrogen and oxygen atoms in total. The minimum Gasteiger partial charge on any atom is -0.463 e. The highest BCUT2D eigenvalue weighted by molar-refractivity contribution is 5.98. The van der Waals surface area contributed by atoms with Crippen molar-refractivity contribution in [1.82, 2.24) is 29.9 Å². The molecule has 3 atom stereocenters. The van der Waals surface area contributed by atoms with E-state index in [1.165, 1.54) is 4.80 Å². The zero-order valence-corrected chi connectivity index (χ0v) is 16.5. The van der Waals surface area contributed by atoms with Gasteiger partial charge in [0.25, 0.3) is 5.91 Å². The van der Waals surface area contributed by atoms with Crippen LogP contribution in [-0.4, -0.2) is 54.5 Å². The molecule has 2 aliphatic heterocycles. The van der Waals surface area contributed by atoms with Crippen LogP contribution in [0.1, 0.15) is 35.2 Å². The predicted molar refractivity (Wildman–Crippen MR) is 105 cm³/mol. The first-order valence-electron chi connectivity index (χ1n) is 10.0. The van der Waals surface area contributed by atoms with E-state index in [0.29, 0.717) is 17.9 Å². The number of benzene rings is 1. The van der Waals surface area contributed by atoms with E-state index in [0.717, 1.165) is 37.2 Å². The predicted octanol–water partition coefficient (Wildman–Crippen LogP) is 2.58. The van der Waals surface area contributed by atoms with Gasteiger partial charge in [0.05, 0.1) is 42.6 Å². The highest BCUT2D eigenvalue weighted by Gasteiger charge is 2.49. The zero-order chi connectivity index (χ0) is 20.7. The van der Waals surface area contributed by atoms with E-state index >= 15 is 0 Å². The van der Waals surface area contributed by atoms with Crippen molar-refractivity contribution in [1.29, 1.82) is 0 Å². The summed E-state index contributed by atoms with van der Waals surface area (Å²) in [7, 11) is 0. The molecular weight excluding hydrogens is 387 g/mol. The third-order valence-electron chi connectivity index (χ3n) is 5.94. The van der Waals surface area contributed by atoms with Crippen molar-refractivity contribution < 1.29 is 13.9 Å². The van der Waals surface area contributed by atoms with Crippen molar-refractivity contribution in [3.8, 4) is 11.7 Å². The number of halogens is 1. The Balaban J connectivity index is 1.36. The van der Waals surface area contributed by atoms with Crippen LogP contribution in [0, 0.1) is 18.7 Å². The molecule has 3 aromatic rings. The second-order valence-electron chi connectivity index (χ2n) is 7.84. The van der Waals surface area contributed by atoms with Gasteiger partial charge in [-0.1, -0.05) is 11.6 Å². The number of rotatable bonds is 5. The van der Waals surface area contributed by atoms with E-state index in [1.807, 2.05) is 30.0 Å². The highest BCUT2D eigenvalue weighted by atomic mass is 19.1. The third kappa shape index (κ3) is 3.30. The second kappa shape index (κ2) is 7.47. The molecule has 3 unspecified atom stereocenters. The quantitative estimate of drug-likeness (QED) is 0.645. The fourth-order valence-electron chi connectivity index (χ4n) is 4.64. The minimum absolute atomic E-state index is 0.000896. The number of aryl methyl sites for hydroxylation is 1. The van der Waals surface area contributed by atoms with Crippen LogP contribution in [0.25, 0.3) is 5.69 Å². The van der Waals surface area contributed by atoms with Gasteiger partial charge in [0.2, 0.25) is 0 Å². The topological polar surface area (TPSA) is 86.0 Å². The van der Waals surface area contributed by atoms with Crippen LogP contribution in [0.4, 0.5) is 4.39 Å². The Morgan fingerprint density at radius 3 is 2.73 bits per heavy atom. The summed E-state index contributed by atoms with van der Waals surface area (Å²) in [5, 5.41) is 8.40. The molecule has 0 spiro atoms. The monoisotopic (exact) mass is 408 g/mol. The number of aromatic nitrogens is 5. The summed E-state index contributed by atoms with van der Waals surface area (Å²) in [4.78, 5) is 24.8. The van der Waals surface area contributed by atoms with Gasteiger partial charge in [0.1, 0.15) is 0 Å². The van der Waals surface area contributed by atoms with E-state index in [-0.39, 0.29) is 29.9 Å². The normalized spacial score (nSPS) is 22.5. The van der Waals surface area contributed by atoms with E-state index in [1.54, 1.807) is 12.4 Å². The van der Waals surface area contributed by atoms with E-state index < -0.39 is 5.82 Å². The molecule has 0 saturated carbocycles. The molecule has 2 aliphatic rings. The summed E-state index contributed by atoms with van der Waals surface area (Å²) < 4.78 is 18.7. The summed E-state index contributed by atoms with van der Waals surface area (Å²) in [5.41, 5.74) is 2.29. The van der Waals surface area contributed by atoms with E-state index in [9.17, 15) is 9.18 Å². The number of nitrogens with zero attached hydrogens (tertiary/aromatic N) is 6. The Morgan fingerprint density at radius 2 is 1.97 bits per heavy atom. The molecule has 0 N–H and O–H groups in total. The zero-order valence-electron chi connectivity index (χ0n) is 16.5. The van der Waals surface area contributed by atoms with Crippen molar-refractivity contribution in [3.05, 3.63) is 59.9 Å². The standard InChI is InChI=1S/C21H21FN6O2/c1-13-2-4-19(28-25-6-7-26-28)17(8-13)20(29)27-16-3-5-18(27)14(9-16)12-30-21-23-10-15(22)11-24-21/h2,4,6-8,10-11,14,16,18H,3,5,9,12H2,1H3. The molecule has 9 heteroatoms. The Labute approximate surface area is 172 Å². The average molecular weight is 408 g/mol. The molecule has 0 aliphatic carbocycles. The minimum atomic E-state index is -0.500.